The molecule has 0 aromatic heterocycles. The van der Waals surface area contributed by atoms with Gasteiger partial charge in [0.25, 0.3) is 6.43 Å². The number of aldehydes is 1. The normalized spacial score (nSPS) is 10.7. The van der Waals surface area contributed by atoms with Crippen molar-refractivity contribution in [3.63, 3.8) is 0 Å². The number of ether oxygens (including phenoxy) is 1. The van der Waals surface area contributed by atoms with Gasteiger partial charge in [-0.3, -0.25) is 4.79 Å². The number of hydrogen-bond acceptors (Lipinski definition) is 2. The molecule has 0 saturated heterocycles. The monoisotopic (exact) mass is 290 g/mol. The van der Waals surface area contributed by atoms with Gasteiger partial charge in [-0.1, -0.05) is 31.2 Å². The molecule has 0 amide bonds. The molecule has 2 aromatic rings. The molecule has 4 heteroatoms. The molecule has 0 bridgehead atoms. The van der Waals surface area contributed by atoms with Gasteiger partial charge in [-0.25, -0.2) is 8.78 Å². The molecule has 0 radical (unpaired) electrons. The summed E-state index contributed by atoms with van der Waals surface area (Å²) in [5.41, 5.74) is 1.88. The Morgan fingerprint density at radius 1 is 1.14 bits per heavy atom. The number of benzene rings is 2. The van der Waals surface area contributed by atoms with Crippen LogP contribution in [0.25, 0.3) is 11.1 Å². The van der Waals surface area contributed by atoms with Gasteiger partial charge in [0.05, 0.1) is 6.61 Å². The van der Waals surface area contributed by atoms with Crippen LogP contribution in [0.3, 0.4) is 0 Å². The van der Waals surface area contributed by atoms with Gasteiger partial charge >= 0.3 is 0 Å². The topological polar surface area (TPSA) is 26.3 Å². The van der Waals surface area contributed by atoms with E-state index >= 15 is 0 Å². The minimum absolute atomic E-state index is 0.0331. The van der Waals surface area contributed by atoms with E-state index in [2.05, 4.69) is 0 Å². The molecular formula is C17H16F2O2. The van der Waals surface area contributed by atoms with Gasteiger partial charge in [0.15, 0.2) is 6.29 Å². The first-order valence-electron chi connectivity index (χ1n) is 6.76. The zero-order valence-corrected chi connectivity index (χ0v) is 11.7. The zero-order valence-electron chi connectivity index (χ0n) is 11.7. The highest BCUT2D eigenvalue weighted by Crippen LogP contribution is 2.28. The number of alkyl halides is 2. The molecule has 0 atom stereocenters. The second kappa shape index (κ2) is 6.97. The Hall–Kier alpha value is -2.23. The van der Waals surface area contributed by atoms with Crippen molar-refractivity contribution in [1.29, 1.82) is 0 Å². The van der Waals surface area contributed by atoms with Gasteiger partial charge in [-0.15, -0.1) is 0 Å². The maximum atomic E-state index is 12.5. The highest BCUT2D eigenvalue weighted by Gasteiger charge is 2.09. The lowest BCUT2D eigenvalue weighted by Gasteiger charge is -2.10. The Kier molecular flexibility index (Phi) is 5.04. The first kappa shape index (κ1) is 15.2. The number of halogens is 2. The lowest BCUT2D eigenvalue weighted by molar-refractivity contribution is 0.112. The second-order valence-electron chi connectivity index (χ2n) is 4.64. The summed E-state index contributed by atoms with van der Waals surface area (Å²) in [7, 11) is 0. The average molecular weight is 290 g/mol. The van der Waals surface area contributed by atoms with Crippen molar-refractivity contribution in [2.24, 2.45) is 0 Å². The molecule has 0 fully saturated rings. The molecule has 2 rings (SSSR count). The van der Waals surface area contributed by atoms with Crippen LogP contribution in [0.4, 0.5) is 8.78 Å². The Bertz CT molecular complexity index is 607. The Balaban J connectivity index is 2.32. The maximum Gasteiger partial charge on any atom is 0.263 e. The molecule has 110 valence electrons. The largest absolute Gasteiger partial charge is 0.494 e. The average Bonchev–Trinajstić information content (AvgIpc) is 2.52. The molecular weight excluding hydrogens is 274 g/mol. The van der Waals surface area contributed by atoms with Crippen LogP contribution in [0.15, 0.2) is 42.5 Å². The summed E-state index contributed by atoms with van der Waals surface area (Å²) < 4.78 is 30.6. The highest BCUT2D eigenvalue weighted by molar-refractivity contribution is 5.88. The molecule has 0 aliphatic heterocycles. The minimum Gasteiger partial charge on any atom is -0.494 e. The van der Waals surface area contributed by atoms with E-state index in [9.17, 15) is 13.6 Å². The Morgan fingerprint density at radius 2 is 1.86 bits per heavy atom. The van der Waals surface area contributed by atoms with Crippen molar-refractivity contribution in [2.75, 3.05) is 6.61 Å². The van der Waals surface area contributed by atoms with E-state index in [1.807, 2.05) is 6.92 Å². The van der Waals surface area contributed by atoms with Crippen LogP contribution in [0.5, 0.6) is 5.75 Å². The summed E-state index contributed by atoms with van der Waals surface area (Å²) in [6.07, 6.45) is -0.864. The summed E-state index contributed by atoms with van der Waals surface area (Å²) in [5.74, 6) is 0.631. The lowest BCUT2D eigenvalue weighted by Crippen LogP contribution is -1.97. The van der Waals surface area contributed by atoms with E-state index in [1.165, 1.54) is 12.1 Å². The zero-order chi connectivity index (χ0) is 15.2. The van der Waals surface area contributed by atoms with Crippen LogP contribution >= 0.6 is 0 Å². The molecule has 2 aromatic carbocycles. The molecule has 0 aliphatic carbocycles. The summed E-state index contributed by atoms with van der Waals surface area (Å²) >= 11 is 0. The van der Waals surface area contributed by atoms with E-state index in [4.69, 9.17) is 4.74 Å². The standard InChI is InChI=1S/C17H16F2O2/c1-2-9-21-15-7-8-16(14(10-15)11-20)12-3-5-13(6-4-12)17(18)19/h3-8,10-11,17H,2,9H2,1H3. The third-order valence-corrected chi connectivity index (χ3v) is 3.10. The van der Waals surface area contributed by atoms with Gasteiger partial charge in [-0.2, -0.15) is 0 Å². The molecule has 21 heavy (non-hydrogen) atoms. The van der Waals surface area contributed by atoms with Crippen molar-refractivity contribution >= 4 is 6.29 Å². The van der Waals surface area contributed by atoms with Crippen LogP contribution in [0.2, 0.25) is 0 Å². The number of rotatable bonds is 6. The third kappa shape index (κ3) is 3.66. The van der Waals surface area contributed by atoms with Crippen LogP contribution in [0.1, 0.15) is 35.7 Å². The summed E-state index contributed by atoms with van der Waals surface area (Å²) in [4.78, 5) is 11.2. The van der Waals surface area contributed by atoms with Crippen molar-refractivity contribution in [1.82, 2.24) is 0 Å². The molecule has 0 saturated carbocycles. The summed E-state index contributed by atoms with van der Waals surface area (Å²) in [6, 6.07) is 11.1. The van der Waals surface area contributed by atoms with E-state index in [-0.39, 0.29) is 5.56 Å². The van der Waals surface area contributed by atoms with Gasteiger partial charge < -0.3 is 4.74 Å². The van der Waals surface area contributed by atoms with Crippen molar-refractivity contribution < 1.29 is 18.3 Å². The SMILES string of the molecule is CCCOc1ccc(-c2ccc(C(F)F)cc2)c(C=O)c1. The number of carbonyl (C=O) groups is 1. The quantitative estimate of drug-likeness (QED) is 0.708. The van der Waals surface area contributed by atoms with E-state index in [1.54, 1.807) is 30.3 Å². The Morgan fingerprint density at radius 3 is 2.43 bits per heavy atom. The molecule has 0 N–H and O–H groups in total. The van der Waals surface area contributed by atoms with E-state index in [0.717, 1.165) is 18.3 Å². The smallest absolute Gasteiger partial charge is 0.263 e. The summed E-state index contributed by atoms with van der Waals surface area (Å²) in [6.45, 7) is 2.58. The van der Waals surface area contributed by atoms with Gasteiger partial charge in [0, 0.05) is 11.1 Å². The van der Waals surface area contributed by atoms with E-state index in [0.29, 0.717) is 23.5 Å². The van der Waals surface area contributed by atoms with Crippen molar-refractivity contribution in [3.8, 4) is 16.9 Å². The first-order chi connectivity index (χ1) is 10.2. The van der Waals surface area contributed by atoms with Crippen molar-refractivity contribution in [3.05, 3.63) is 53.6 Å². The van der Waals surface area contributed by atoms with Gasteiger partial charge in [0.1, 0.15) is 5.75 Å². The number of hydrogen-bond donors (Lipinski definition) is 0. The first-order valence-corrected chi connectivity index (χ1v) is 6.76. The molecule has 0 aliphatic rings. The minimum atomic E-state index is -2.49. The fraction of sp³-hybridized carbons (Fsp3) is 0.235. The molecule has 0 spiro atoms. The second-order valence-corrected chi connectivity index (χ2v) is 4.64. The molecule has 0 unspecified atom stereocenters. The predicted molar refractivity (Wildman–Crippen MR) is 78.0 cm³/mol. The van der Waals surface area contributed by atoms with E-state index < -0.39 is 6.43 Å². The lowest BCUT2D eigenvalue weighted by atomic mass is 9.99. The third-order valence-electron chi connectivity index (χ3n) is 3.10. The predicted octanol–water partition coefficient (Wildman–Crippen LogP) is 4.89. The van der Waals surface area contributed by atoms with Gasteiger partial charge in [-0.05, 0) is 35.7 Å². The Labute approximate surface area is 122 Å². The van der Waals surface area contributed by atoms with Crippen LogP contribution < -0.4 is 4.74 Å². The fourth-order valence-electron chi connectivity index (χ4n) is 2.02. The van der Waals surface area contributed by atoms with Crippen LogP contribution in [-0.2, 0) is 0 Å². The molecule has 0 heterocycles. The molecule has 2 nitrogen and oxygen atoms in total. The highest BCUT2D eigenvalue weighted by atomic mass is 19.3. The van der Waals surface area contributed by atoms with Gasteiger partial charge in [0.2, 0.25) is 0 Å². The fourth-order valence-corrected chi connectivity index (χ4v) is 2.02. The van der Waals surface area contributed by atoms with Crippen molar-refractivity contribution in [2.45, 2.75) is 19.8 Å². The summed E-state index contributed by atoms with van der Waals surface area (Å²) in [5, 5.41) is 0. The van der Waals surface area contributed by atoms with Crippen LogP contribution in [0, 0.1) is 0 Å². The van der Waals surface area contributed by atoms with Crippen LogP contribution in [-0.4, -0.2) is 12.9 Å². The number of carbonyl (C=O) groups excluding carboxylic acids is 1. The maximum absolute atomic E-state index is 12.5.